The first-order valence-corrected chi connectivity index (χ1v) is 7.42. The Hall–Kier alpha value is -0.880. The Morgan fingerprint density at radius 3 is 1.83 bits per heavy atom. The third-order valence-electron chi connectivity index (χ3n) is 3.55. The SMILES string of the molecule is CCN(CC)CCNCc1cc(OC)c(OC)c(OC)c1.Cl.Cl. The van der Waals surface area contributed by atoms with Crippen LogP contribution < -0.4 is 19.5 Å². The quantitative estimate of drug-likeness (QED) is 0.643. The molecule has 1 rings (SSSR count). The van der Waals surface area contributed by atoms with Crippen molar-refractivity contribution in [3.63, 3.8) is 0 Å². The molecule has 0 aromatic heterocycles. The number of ether oxygens (including phenoxy) is 3. The Balaban J connectivity index is 0. The van der Waals surface area contributed by atoms with Crippen molar-refractivity contribution in [3.8, 4) is 17.2 Å². The van der Waals surface area contributed by atoms with Gasteiger partial charge in [-0.2, -0.15) is 0 Å². The van der Waals surface area contributed by atoms with Gasteiger partial charge in [0, 0.05) is 19.6 Å². The van der Waals surface area contributed by atoms with Crippen LogP contribution in [0.15, 0.2) is 12.1 Å². The summed E-state index contributed by atoms with van der Waals surface area (Å²) >= 11 is 0. The average molecular weight is 369 g/mol. The fourth-order valence-corrected chi connectivity index (χ4v) is 2.25. The molecule has 1 aromatic carbocycles. The summed E-state index contributed by atoms with van der Waals surface area (Å²) in [5.74, 6) is 2.02. The largest absolute Gasteiger partial charge is 0.493 e. The highest BCUT2D eigenvalue weighted by Crippen LogP contribution is 2.38. The summed E-state index contributed by atoms with van der Waals surface area (Å²) in [4.78, 5) is 2.39. The summed E-state index contributed by atoms with van der Waals surface area (Å²) < 4.78 is 16.0. The Morgan fingerprint density at radius 2 is 1.43 bits per heavy atom. The van der Waals surface area contributed by atoms with Gasteiger partial charge in [0.2, 0.25) is 5.75 Å². The summed E-state index contributed by atoms with van der Waals surface area (Å²) in [5, 5.41) is 3.45. The lowest BCUT2D eigenvalue weighted by atomic mass is 10.1. The van der Waals surface area contributed by atoms with Crippen molar-refractivity contribution < 1.29 is 14.2 Å². The fraction of sp³-hybridized carbons (Fsp3) is 0.625. The minimum absolute atomic E-state index is 0. The molecule has 0 unspecified atom stereocenters. The van der Waals surface area contributed by atoms with E-state index in [0.29, 0.717) is 17.2 Å². The molecule has 0 saturated carbocycles. The molecule has 0 fully saturated rings. The van der Waals surface area contributed by atoms with Gasteiger partial charge in [-0.25, -0.2) is 0 Å². The summed E-state index contributed by atoms with van der Waals surface area (Å²) in [7, 11) is 4.88. The molecule has 0 heterocycles. The zero-order valence-electron chi connectivity index (χ0n) is 14.7. The van der Waals surface area contributed by atoms with Crippen molar-refractivity contribution in [3.05, 3.63) is 17.7 Å². The zero-order valence-corrected chi connectivity index (χ0v) is 16.3. The molecule has 7 heteroatoms. The molecular weight excluding hydrogens is 339 g/mol. The van der Waals surface area contributed by atoms with E-state index < -0.39 is 0 Å². The Bertz CT molecular complexity index is 405. The lowest BCUT2D eigenvalue weighted by Crippen LogP contribution is -2.31. The standard InChI is InChI=1S/C16H28N2O3.2ClH/c1-6-18(7-2)9-8-17-12-13-10-14(19-3)16(21-5)15(11-13)20-4;;/h10-11,17H,6-9,12H2,1-5H3;2*1H. The number of nitrogens with one attached hydrogen (secondary N) is 1. The van der Waals surface area contributed by atoms with Crippen molar-refractivity contribution in [2.75, 3.05) is 47.5 Å². The first-order chi connectivity index (χ1) is 10.2. The van der Waals surface area contributed by atoms with E-state index in [2.05, 4.69) is 24.1 Å². The number of benzene rings is 1. The highest BCUT2D eigenvalue weighted by molar-refractivity contribution is 5.85. The Labute approximate surface area is 152 Å². The van der Waals surface area contributed by atoms with Crippen LogP contribution in [0.4, 0.5) is 0 Å². The Kier molecular flexibility index (Phi) is 14.4. The van der Waals surface area contributed by atoms with Gasteiger partial charge >= 0.3 is 0 Å². The van der Waals surface area contributed by atoms with Crippen LogP contribution in [0.3, 0.4) is 0 Å². The predicted molar refractivity (Wildman–Crippen MR) is 100 cm³/mol. The van der Waals surface area contributed by atoms with Crippen molar-refractivity contribution >= 4 is 24.8 Å². The van der Waals surface area contributed by atoms with E-state index in [4.69, 9.17) is 14.2 Å². The fourth-order valence-electron chi connectivity index (χ4n) is 2.25. The van der Waals surface area contributed by atoms with Crippen LogP contribution in [-0.4, -0.2) is 52.4 Å². The number of halogens is 2. The van der Waals surface area contributed by atoms with E-state index in [-0.39, 0.29) is 24.8 Å². The molecule has 0 aliphatic rings. The lowest BCUT2D eigenvalue weighted by molar-refractivity contribution is 0.302. The number of likely N-dealkylation sites (N-methyl/N-ethyl adjacent to an activating group) is 1. The second-order valence-electron chi connectivity index (χ2n) is 4.74. The number of hydrogen-bond donors (Lipinski definition) is 1. The highest BCUT2D eigenvalue weighted by atomic mass is 35.5. The molecule has 5 nitrogen and oxygen atoms in total. The summed E-state index contributed by atoms with van der Waals surface area (Å²) in [6, 6.07) is 3.96. The summed E-state index contributed by atoms with van der Waals surface area (Å²) in [6.45, 7) is 9.32. The van der Waals surface area contributed by atoms with Gasteiger partial charge in [0.25, 0.3) is 0 Å². The van der Waals surface area contributed by atoms with Crippen LogP contribution >= 0.6 is 24.8 Å². The molecule has 23 heavy (non-hydrogen) atoms. The van der Waals surface area contributed by atoms with Crippen LogP contribution in [-0.2, 0) is 6.54 Å². The van der Waals surface area contributed by atoms with E-state index in [1.54, 1.807) is 21.3 Å². The topological polar surface area (TPSA) is 43.0 Å². The zero-order chi connectivity index (χ0) is 15.7. The second kappa shape index (κ2) is 13.5. The molecule has 0 bridgehead atoms. The average Bonchev–Trinajstić information content (AvgIpc) is 2.53. The van der Waals surface area contributed by atoms with Crippen LogP contribution in [0.5, 0.6) is 17.2 Å². The van der Waals surface area contributed by atoms with Gasteiger partial charge in [0.1, 0.15) is 0 Å². The molecule has 0 radical (unpaired) electrons. The number of hydrogen-bond acceptors (Lipinski definition) is 5. The number of rotatable bonds is 10. The lowest BCUT2D eigenvalue weighted by Gasteiger charge is -2.18. The van der Waals surface area contributed by atoms with Gasteiger partial charge < -0.3 is 24.4 Å². The first kappa shape index (κ1) is 24.4. The van der Waals surface area contributed by atoms with Gasteiger partial charge in [-0.1, -0.05) is 13.8 Å². The maximum Gasteiger partial charge on any atom is 0.203 e. The van der Waals surface area contributed by atoms with Crippen molar-refractivity contribution in [2.45, 2.75) is 20.4 Å². The second-order valence-corrected chi connectivity index (χ2v) is 4.74. The molecular formula is C16H30Cl2N2O3. The molecule has 0 saturated heterocycles. The monoisotopic (exact) mass is 368 g/mol. The van der Waals surface area contributed by atoms with Gasteiger partial charge in [0.15, 0.2) is 11.5 Å². The number of methoxy groups -OCH3 is 3. The molecule has 0 aliphatic heterocycles. The normalized spacial score (nSPS) is 9.83. The van der Waals surface area contributed by atoms with E-state index in [1.165, 1.54) is 0 Å². The van der Waals surface area contributed by atoms with Crippen LogP contribution in [0.25, 0.3) is 0 Å². The van der Waals surface area contributed by atoms with Crippen LogP contribution in [0.1, 0.15) is 19.4 Å². The molecule has 1 N–H and O–H groups in total. The first-order valence-electron chi connectivity index (χ1n) is 7.42. The predicted octanol–water partition coefficient (Wildman–Crippen LogP) is 2.99. The van der Waals surface area contributed by atoms with E-state index in [0.717, 1.165) is 38.3 Å². The summed E-state index contributed by atoms with van der Waals surface area (Å²) in [6.07, 6.45) is 0. The highest BCUT2D eigenvalue weighted by Gasteiger charge is 2.12. The van der Waals surface area contributed by atoms with Gasteiger partial charge in [-0.15, -0.1) is 24.8 Å². The summed E-state index contributed by atoms with van der Waals surface area (Å²) in [5.41, 5.74) is 1.11. The maximum atomic E-state index is 5.36. The molecule has 0 atom stereocenters. The molecule has 0 spiro atoms. The molecule has 1 aromatic rings. The van der Waals surface area contributed by atoms with Gasteiger partial charge in [0.05, 0.1) is 21.3 Å². The van der Waals surface area contributed by atoms with E-state index in [1.807, 2.05) is 12.1 Å². The third kappa shape index (κ3) is 7.48. The van der Waals surface area contributed by atoms with Crippen molar-refractivity contribution in [1.29, 1.82) is 0 Å². The van der Waals surface area contributed by atoms with Gasteiger partial charge in [-0.3, -0.25) is 0 Å². The molecule has 0 amide bonds. The Morgan fingerprint density at radius 1 is 0.913 bits per heavy atom. The maximum absolute atomic E-state index is 5.36. The molecule has 136 valence electrons. The number of nitrogens with zero attached hydrogens (tertiary/aromatic N) is 1. The van der Waals surface area contributed by atoms with Crippen molar-refractivity contribution in [2.24, 2.45) is 0 Å². The van der Waals surface area contributed by atoms with E-state index in [9.17, 15) is 0 Å². The minimum Gasteiger partial charge on any atom is -0.493 e. The third-order valence-corrected chi connectivity index (χ3v) is 3.55. The van der Waals surface area contributed by atoms with Crippen LogP contribution in [0, 0.1) is 0 Å². The van der Waals surface area contributed by atoms with Crippen molar-refractivity contribution in [1.82, 2.24) is 10.2 Å². The van der Waals surface area contributed by atoms with E-state index >= 15 is 0 Å². The minimum atomic E-state index is 0. The van der Waals surface area contributed by atoms with Gasteiger partial charge in [-0.05, 0) is 30.8 Å². The smallest absolute Gasteiger partial charge is 0.203 e. The molecule has 0 aliphatic carbocycles. The van der Waals surface area contributed by atoms with Crippen LogP contribution in [0.2, 0.25) is 0 Å².